The first kappa shape index (κ1) is 22.7. The molecule has 0 atom stereocenters. The van der Waals surface area contributed by atoms with E-state index < -0.39 is 0 Å². The summed E-state index contributed by atoms with van der Waals surface area (Å²) in [7, 11) is 1.76. The molecule has 0 aromatic heterocycles. The first-order valence-corrected chi connectivity index (χ1v) is 10.8. The Balaban J connectivity index is 1.62. The van der Waals surface area contributed by atoms with Crippen LogP contribution in [-0.4, -0.2) is 28.9 Å². The van der Waals surface area contributed by atoms with Crippen molar-refractivity contribution >= 4 is 50.8 Å². The fraction of sp³-hybridized carbons (Fsp3) is 0.125. The van der Waals surface area contributed by atoms with E-state index in [0.29, 0.717) is 23.4 Å². The van der Waals surface area contributed by atoms with Crippen molar-refractivity contribution in [1.29, 1.82) is 0 Å². The maximum Gasteiger partial charge on any atom is 0.257 e. The van der Waals surface area contributed by atoms with E-state index >= 15 is 0 Å². The molecule has 0 saturated heterocycles. The van der Waals surface area contributed by atoms with Gasteiger partial charge in [0, 0.05) is 34.9 Å². The molecule has 0 aliphatic heterocycles. The maximum absolute atomic E-state index is 12.8. The van der Waals surface area contributed by atoms with Crippen LogP contribution in [0.1, 0.15) is 31.8 Å². The van der Waals surface area contributed by atoms with Gasteiger partial charge in [0.1, 0.15) is 0 Å². The van der Waals surface area contributed by atoms with Crippen molar-refractivity contribution in [2.75, 3.05) is 12.4 Å². The largest absolute Gasteiger partial charge is 0.337 e. The third-order valence-corrected chi connectivity index (χ3v) is 5.70. The predicted octanol–water partition coefficient (Wildman–Crippen LogP) is 5.16. The number of hydrogen-bond donors (Lipinski definition) is 2. The predicted molar refractivity (Wildman–Crippen MR) is 131 cm³/mol. The molecule has 2 amide bonds. The van der Waals surface area contributed by atoms with Crippen LogP contribution in [0.2, 0.25) is 0 Å². The summed E-state index contributed by atoms with van der Waals surface area (Å²) in [5, 5.41) is 5.79. The molecular formula is C24H22BrN3O2S. The van der Waals surface area contributed by atoms with Gasteiger partial charge in [-0.05, 0) is 60.6 Å². The van der Waals surface area contributed by atoms with E-state index in [-0.39, 0.29) is 16.9 Å². The minimum Gasteiger partial charge on any atom is -0.337 e. The number of anilines is 1. The van der Waals surface area contributed by atoms with Gasteiger partial charge >= 0.3 is 0 Å². The standard InChI is InChI=1S/C24H22BrN3O2S/c1-16-11-12-18(14-21(16)25)22(29)27-24(31)26-20-10-6-9-19(13-20)23(30)28(2)15-17-7-4-3-5-8-17/h3-14H,15H2,1-2H3,(H2,26,27,29,31). The average Bonchev–Trinajstić information content (AvgIpc) is 2.75. The van der Waals surface area contributed by atoms with Crippen molar-refractivity contribution in [3.05, 3.63) is 99.5 Å². The SMILES string of the molecule is Cc1ccc(C(=O)NC(=S)Nc2cccc(C(=O)N(C)Cc3ccccc3)c2)cc1Br. The van der Waals surface area contributed by atoms with E-state index in [4.69, 9.17) is 12.2 Å². The van der Waals surface area contributed by atoms with Crippen LogP contribution in [0.5, 0.6) is 0 Å². The van der Waals surface area contributed by atoms with Crippen molar-refractivity contribution < 1.29 is 9.59 Å². The minimum atomic E-state index is -0.312. The highest BCUT2D eigenvalue weighted by Gasteiger charge is 2.14. The maximum atomic E-state index is 12.8. The van der Waals surface area contributed by atoms with Gasteiger partial charge < -0.3 is 10.2 Å². The Kier molecular flexibility index (Phi) is 7.55. The summed E-state index contributed by atoms with van der Waals surface area (Å²) >= 11 is 8.69. The quantitative estimate of drug-likeness (QED) is 0.480. The molecule has 3 rings (SSSR count). The van der Waals surface area contributed by atoms with Crippen LogP contribution in [0.15, 0.2) is 77.3 Å². The Morgan fingerprint density at radius 3 is 2.42 bits per heavy atom. The molecule has 2 N–H and O–H groups in total. The van der Waals surface area contributed by atoms with Crippen LogP contribution in [-0.2, 0) is 6.54 Å². The van der Waals surface area contributed by atoms with Crippen LogP contribution >= 0.6 is 28.1 Å². The summed E-state index contributed by atoms with van der Waals surface area (Å²) in [6.45, 7) is 2.46. The summed E-state index contributed by atoms with van der Waals surface area (Å²) in [5.74, 6) is -0.417. The van der Waals surface area contributed by atoms with E-state index in [0.717, 1.165) is 15.6 Å². The van der Waals surface area contributed by atoms with Gasteiger partial charge in [0.25, 0.3) is 11.8 Å². The highest BCUT2D eigenvalue weighted by molar-refractivity contribution is 9.10. The van der Waals surface area contributed by atoms with Gasteiger partial charge in [0.2, 0.25) is 0 Å². The molecule has 0 heterocycles. The number of halogens is 1. The Bertz CT molecular complexity index is 1120. The van der Waals surface area contributed by atoms with Gasteiger partial charge in [0.05, 0.1) is 0 Å². The van der Waals surface area contributed by atoms with Crippen molar-refractivity contribution in [3.63, 3.8) is 0 Å². The summed E-state index contributed by atoms with van der Waals surface area (Å²) < 4.78 is 0.852. The minimum absolute atomic E-state index is 0.105. The third kappa shape index (κ3) is 6.23. The lowest BCUT2D eigenvalue weighted by atomic mass is 10.1. The van der Waals surface area contributed by atoms with Gasteiger partial charge in [-0.25, -0.2) is 0 Å². The zero-order valence-corrected chi connectivity index (χ0v) is 19.6. The van der Waals surface area contributed by atoms with Crippen LogP contribution in [0.3, 0.4) is 0 Å². The molecule has 0 radical (unpaired) electrons. The fourth-order valence-corrected chi connectivity index (χ4v) is 3.54. The third-order valence-electron chi connectivity index (χ3n) is 4.64. The number of carbonyl (C=O) groups is 2. The summed E-state index contributed by atoms with van der Waals surface area (Å²) in [6, 6.07) is 22.2. The Labute approximate surface area is 195 Å². The molecule has 0 spiro atoms. The lowest BCUT2D eigenvalue weighted by molar-refractivity contribution is 0.0785. The number of rotatable bonds is 5. The van der Waals surface area contributed by atoms with Crippen LogP contribution < -0.4 is 10.6 Å². The van der Waals surface area contributed by atoms with E-state index in [1.165, 1.54) is 0 Å². The van der Waals surface area contributed by atoms with Crippen molar-refractivity contribution in [1.82, 2.24) is 10.2 Å². The van der Waals surface area contributed by atoms with Gasteiger partial charge in [-0.3, -0.25) is 14.9 Å². The molecular weight excluding hydrogens is 474 g/mol. The number of nitrogens with one attached hydrogen (secondary N) is 2. The molecule has 0 unspecified atom stereocenters. The monoisotopic (exact) mass is 495 g/mol. The molecule has 3 aromatic rings. The zero-order valence-electron chi connectivity index (χ0n) is 17.2. The number of thiocarbonyl (C=S) groups is 1. The lowest BCUT2D eigenvalue weighted by Gasteiger charge is -2.18. The first-order valence-electron chi connectivity index (χ1n) is 9.61. The summed E-state index contributed by atoms with van der Waals surface area (Å²) in [4.78, 5) is 26.9. The molecule has 0 saturated carbocycles. The molecule has 0 fully saturated rings. The molecule has 31 heavy (non-hydrogen) atoms. The molecule has 7 heteroatoms. The highest BCUT2D eigenvalue weighted by Crippen LogP contribution is 2.18. The van der Waals surface area contributed by atoms with Crippen LogP contribution in [0.25, 0.3) is 0 Å². The van der Waals surface area contributed by atoms with Crippen molar-refractivity contribution in [3.8, 4) is 0 Å². The number of amides is 2. The van der Waals surface area contributed by atoms with E-state index in [9.17, 15) is 9.59 Å². The number of carbonyl (C=O) groups excluding carboxylic acids is 2. The Hall–Kier alpha value is -3.03. The molecule has 0 bridgehead atoms. The van der Waals surface area contributed by atoms with E-state index in [1.807, 2.05) is 43.3 Å². The fourth-order valence-electron chi connectivity index (χ4n) is 2.95. The average molecular weight is 496 g/mol. The van der Waals surface area contributed by atoms with E-state index in [2.05, 4.69) is 26.6 Å². The van der Waals surface area contributed by atoms with Crippen molar-refractivity contribution in [2.24, 2.45) is 0 Å². The molecule has 3 aromatic carbocycles. The second kappa shape index (κ2) is 10.3. The molecule has 158 valence electrons. The zero-order chi connectivity index (χ0) is 22.4. The normalized spacial score (nSPS) is 10.3. The lowest BCUT2D eigenvalue weighted by Crippen LogP contribution is -2.34. The smallest absolute Gasteiger partial charge is 0.257 e. The van der Waals surface area contributed by atoms with Gasteiger partial charge in [-0.15, -0.1) is 0 Å². The van der Waals surface area contributed by atoms with Gasteiger partial charge in [-0.2, -0.15) is 0 Å². The Morgan fingerprint density at radius 1 is 0.968 bits per heavy atom. The Morgan fingerprint density at radius 2 is 1.71 bits per heavy atom. The molecule has 0 aliphatic rings. The van der Waals surface area contributed by atoms with Gasteiger partial charge in [0.15, 0.2) is 5.11 Å². The van der Waals surface area contributed by atoms with E-state index in [1.54, 1.807) is 48.3 Å². The van der Waals surface area contributed by atoms with Crippen LogP contribution in [0.4, 0.5) is 5.69 Å². The summed E-state index contributed by atoms with van der Waals surface area (Å²) in [5.41, 5.74) is 3.73. The second-order valence-corrected chi connectivity index (χ2v) is 8.36. The number of benzene rings is 3. The highest BCUT2D eigenvalue weighted by atomic mass is 79.9. The summed E-state index contributed by atoms with van der Waals surface area (Å²) in [6.07, 6.45) is 0. The van der Waals surface area contributed by atoms with Crippen molar-refractivity contribution in [2.45, 2.75) is 13.5 Å². The first-order chi connectivity index (χ1) is 14.8. The number of hydrogen-bond acceptors (Lipinski definition) is 3. The van der Waals surface area contributed by atoms with Crippen LogP contribution in [0, 0.1) is 6.92 Å². The second-order valence-electron chi connectivity index (χ2n) is 7.10. The number of nitrogens with zero attached hydrogens (tertiary/aromatic N) is 1. The number of aryl methyl sites for hydroxylation is 1. The molecule has 0 aliphatic carbocycles. The topological polar surface area (TPSA) is 61.4 Å². The van der Waals surface area contributed by atoms with Gasteiger partial charge in [-0.1, -0.05) is 58.4 Å². The molecule has 5 nitrogen and oxygen atoms in total.